The Bertz CT molecular complexity index is 755. The van der Waals surface area contributed by atoms with E-state index in [-0.39, 0.29) is 5.72 Å². The van der Waals surface area contributed by atoms with Crippen LogP contribution in [0, 0.1) is 5.41 Å². The summed E-state index contributed by atoms with van der Waals surface area (Å²) in [6.07, 6.45) is 6.17. The highest BCUT2D eigenvalue weighted by molar-refractivity contribution is 5.46. The molecule has 2 saturated heterocycles. The zero-order valence-electron chi connectivity index (χ0n) is 18.1. The van der Waals surface area contributed by atoms with Crippen LogP contribution >= 0.6 is 0 Å². The Labute approximate surface area is 176 Å². The van der Waals surface area contributed by atoms with E-state index in [9.17, 15) is 0 Å². The molecule has 29 heavy (non-hydrogen) atoms. The van der Waals surface area contributed by atoms with E-state index in [1.165, 1.54) is 36.9 Å². The number of benzene rings is 2. The maximum absolute atomic E-state index is 6.56. The molecule has 2 aliphatic rings. The van der Waals surface area contributed by atoms with Gasteiger partial charge in [-0.15, -0.1) is 0 Å². The Kier molecular flexibility index (Phi) is 6.26. The van der Waals surface area contributed by atoms with Crippen molar-refractivity contribution in [2.75, 3.05) is 31.1 Å². The Morgan fingerprint density at radius 2 is 1.45 bits per heavy atom. The van der Waals surface area contributed by atoms with Crippen LogP contribution < -0.4 is 4.90 Å². The molecule has 2 fully saturated rings. The van der Waals surface area contributed by atoms with E-state index < -0.39 is 0 Å². The molecule has 2 aliphatic heterocycles. The molecule has 0 radical (unpaired) electrons. The highest BCUT2D eigenvalue weighted by Gasteiger charge is 2.40. The van der Waals surface area contributed by atoms with Crippen LogP contribution in [0.5, 0.6) is 0 Å². The van der Waals surface area contributed by atoms with Gasteiger partial charge in [0.2, 0.25) is 0 Å². The van der Waals surface area contributed by atoms with Crippen LogP contribution in [-0.2, 0) is 11.3 Å². The van der Waals surface area contributed by atoms with E-state index in [0.29, 0.717) is 12.0 Å². The van der Waals surface area contributed by atoms with E-state index in [2.05, 4.69) is 84.3 Å². The molecule has 0 amide bonds. The van der Waals surface area contributed by atoms with Crippen molar-refractivity contribution >= 4 is 5.69 Å². The lowest BCUT2D eigenvalue weighted by Crippen LogP contribution is -2.56. The van der Waals surface area contributed by atoms with E-state index in [0.717, 1.165) is 32.6 Å². The molecule has 0 aromatic heterocycles. The smallest absolute Gasteiger partial charge is 0.119 e. The number of anilines is 1. The summed E-state index contributed by atoms with van der Waals surface area (Å²) in [5.41, 5.74) is 2.85. The first-order valence-corrected chi connectivity index (χ1v) is 11.3. The van der Waals surface area contributed by atoms with Crippen molar-refractivity contribution < 1.29 is 4.74 Å². The second-order valence-corrected chi connectivity index (χ2v) is 9.46. The summed E-state index contributed by atoms with van der Waals surface area (Å²) in [6.45, 7) is 10.1. The summed E-state index contributed by atoms with van der Waals surface area (Å²) >= 11 is 0. The first-order chi connectivity index (χ1) is 14.1. The topological polar surface area (TPSA) is 15.7 Å². The van der Waals surface area contributed by atoms with E-state index in [1.807, 2.05) is 0 Å². The molecule has 156 valence electrons. The molecule has 3 nitrogen and oxygen atoms in total. The summed E-state index contributed by atoms with van der Waals surface area (Å²) in [7, 11) is 0. The van der Waals surface area contributed by atoms with Gasteiger partial charge in [0.05, 0.1) is 6.61 Å². The average Bonchev–Trinajstić information content (AvgIpc) is 2.76. The number of para-hydroxylation sites is 1. The number of ether oxygens (including phenoxy) is 1. The van der Waals surface area contributed by atoms with Gasteiger partial charge in [0.1, 0.15) is 5.72 Å². The summed E-state index contributed by atoms with van der Waals surface area (Å²) < 4.78 is 6.56. The lowest BCUT2D eigenvalue weighted by Gasteiger charge is -2.50. The van der Waals surface area contributed by atoms with Gasteiger partial charge in [0.15, 0.2) is 0 Å². The fourth-order valence-corrected chi connectivity index (χ4v) is 4.94. The molecule has 2 heterocycles. The third-order valence-electron chi connectivity index (χ3n) is 7.04. The Morgan fingerprint density at radius 3 is 2.14 bits per heavy atom. The van der Waals surface area contributed by atoms with Gasteiger partial charge >= 0.3 is 0 Å². The molecule has 1 unspecified atom stereocenters. The minimum atomic E-state index is -0.145. The van der Waals surface area contributed by atoms with Crippen LogP contribution in [0.15, 0.2) is 60.7 Å². The van der Waals surface area contributed by atoms with Crippen molar-refractivity contribution in [2.45, 2.75) is 58.3 Å². The van der Waals surface area contributed by atoms with E-state index in [4.69, 9.17) is 4.74 Å². The zero-order valence-corrected chi connectivity index (χ0v) is 18.1. The molecule has 2 aromatic rings. The zero-order chi connectivity index (χ0) is 20.2. The molecule has 0 aliphatic carbocycles. The first kappa shape index (κ1) is 20.4. The molecular formula is C26H36N2O. The SMILES string of the molecule is CC1(CN2CCCCC2(C)OCc2ccccc2)CCN(c2ccccc2)CC1. The van der Waals surface area contributed by atoms with E-state index >= 15 is 0 Å². The third kappa shape index (κ3) is 5.02. The number of piperidine rings is 2. The molecule has 0 saturated carbocycles. The van der Waals surface area contributed by atoms with Crippen LogP contribution in [0.25, 0.3) is 0 Å². The molecule has 0 bridgehead atoms. The lowest BCUT2D eigenvalue weighted by atomic mass is 9.78. The number of hydrogen-bond donors (Lipinski definition) is 0. The molecule has 0 spiro atoms. The monoisotopic (exact) mass is 392 g/mol. The van der Waals surface area contributed by atoms with Crippen LogP contribution in [0.2, 0.25) is 0 Å². The van der Waals surface area contributed by atoms with Gasteiger partial charge in [0, 0.05) is 31.9 Å². The van der Waals surface area contributed by atoms with Crippen molar-refractivity contribution in [3.8, 4) is 0 Å². The minimum absolute atomic E-state index is 0.145. The van der Waals surface area contributed by atoms with Crippen LogP contribution in [0.4, 0.5) is 5.69 Å². The normalized spacial score (nSPS) is 25.1. The predicted octanol–water partition coefficient (Wildman–Crippen LogP) is 5.71. The van der Waals surface area contributed by atoms with Gasteiger partial charge in [0.25, 0.3) is 0 Å². The highest BCUT2D eigenvalue weighted by Crippen LogP contribution is 2.38. The van der Waals surface area contributed by atoms with Crippen molar-refractivity contribution in [3.63, 3.8) is 0 Å². The predicted molar refractivity (Wildman–Crippen MR) is 121 cm³/mol. The Hall–Kier alpha value is -1.84. The van der Waals surface area contributed by atoms with Gasteiger partial charge in [-0.3, -0.25) is 4.90 Å². The number of rotatable bonds is 6. The van der Waals surface area contributed by atoms with Crippen molar-refractivity contribution in [1.82, 2.24) is 4.90 Å². The fourth-order valence-electron chi connectivity index (χ4n) is 4.94. The number of nitrogens with zero attached hydrogens (tertiary/aromatic N) is 2. The molecule has 0 N–H and O–H groups in total. The molecule has 1 atom stereocenters. The maximum Gasteiger partial charge on any atom is 0.119 e. The minimum Gasteiger partial charge on any atom is -0.371 e. The standard InChI is InChI=1S/C26H36N2O/c1-25(16-19-27(20-17-25)24-13-7-4-8-14-24)22-28-18-10-9-15-26(28,2)29-21-23-11-5-3-6-12-23/h3-8,11-14H,9-10,15-22H2,1-2H3. The van der Waals surface area contributed by atoms with Gasteiger partial charge < -0.3 is 9.64 Å². The van der Waals surface area contributed by atoms with Crippen molar-refractivity contribution in [1.29, 1.82) is 0 Å². The van der Waals surface area contributed by atoms with Crippen LogP contribution in [-0.4, -0.2) is 36.8 Å². The fraction of sp³-hybridized carbons (Fsp3) is 0.538. The summed E-state index contributed by atoms with van der Waals surface area (Å²) in [4.78, 5) is 5.20. The quantitative estimate of drug-likeness (QED) is 0.626. The van der Waals surface area contributed by atoms with Crippen LogP contribution in [0.3, 0.4) is 0 Å². The first-order valence-electron chi connectivity index (χ1n) is 11.3. The highest BCUT2D eigenvalue weighted by atomic mass is 16.5. The second kappa shape index (κ2) is 8.89. The molecule has 4 rings (SSSR count). The summed E-state index contributed by atoms with van der Waals surface area (Å²) in [6, 6.07) is 21.5. The number of likely N-dealkylation sites (tertiary alicyclic amines) is 1. The Balaban J connectivity index is 1.37. The van der Waals surface area contributed by atoms with Crippen molar-refractivity contribution in [3.05, 3.63) is 66.2 Å². The van der Waals surface area contributed by atoms with Gasteiger partial charge in [-0.25, -0.2) is 0 Å². The maximum atomic E-state index is 6.56. The summed E-state index contributed by atoms with van der Waals surface area (Å²) in [5.74, 6) is 0. The van der Waals surface area contributed by atoms with Gasteiger partial charge in [-0.2, -0.15) is 0 Å². The van der Waals surface area contributed by atoms with Gasteiger partial charge in [-0.1, -0.05) is 55.5 Å². The second-order valence-electron chi connectivity index (χ2n) is 9.46. The lowest BCUT2D eigenvalue weighted by molar-refractivity contribution is -0.181. The largest absolute Gasteiger partial charge is 0.371 e. The Morgan fingerprint density at radius 1 is 0.793 bits per heavy atom. The van der Waals surface area contributed by atoms with E-state index in [1.54, 1.807) is 0 Å². The molecule has 2 aromatic carbocycles. The third-order valence-corrected chi connectivity index (χ3v) is 7.04. The average molecular weight is 393 g/mol. The molecule has 3 heteroatoms. The van der Waals surface area contributed by atoms with Crippen molar-refractivity contribution in [2.24, 2.45) is 5.41 Å². The van der Waals surface area contributed by atoms with Gasteiger partial charge in [-0.05, 0) is 62.1 Å². The van der Waals surface area contributed by atoms with Crippen LogP contribution in [0.1, 0.15) is 51.5 Å². The summed E-state index contributed by atoms with van der Waals surface area (Å²) in [5, 5.41) is 0. The number of hydrogen-bond acceptors (Lipinski definition) is 3. The molecular weight excluding hydrogens is 356 g/mol.